The normalized spacial score (nSPS) is 17.2. The predicted octanol–water partition coefficient (Wildman–Crippen LogP) is 3.50. The Morgan fingerprint density at radius 1 is 0.900 bits per heavy atom. The number of aromatic hydroxyl groups is 1. The van der Waals surface area contributed by atoms with Crippen molar-refractivity contribution in [3.63, 3.8) is 0 Å². The summed E-state index contributed by atoms with van der Waals surface area (Å²) in [7, 11) is 0. The number of nitrogens with zero attached hydrogens (tertiary/aromatic N) is 2. The van der Waals surface area contributed by atoms with Crippen molar-refractivity contribution in [2.75, 3.05) is 26.2 Å². The Labute approximate surface area is 177 Å². The first-order valence-corrected chi connectivity index (χ1v) is 10.8. The van der Waals surface area contributed by atoms with E-state index in [4.69, 9.17) is 0 Å². The molecule has 1 atom stereocenters. The lowest BCUT2D eigenvalue weighted by Crippen LogP contribution is -2.53. The monoisotopic (exact) mass is 407 g/mol. The Bertz CT molecular complexity index is 918. The van der Waals surface area contributed by atoms with Crippen molar-refractivity contribution in [2.45, 2.75) is 38.6 Å². The first kappa shape index (κ1) is 20.3. The summed E-state index contributed by atoms with van der Waals surface area (Å²) in [5.74, 6) is 0.0681. The summed E-state index contributed by atoms with van der Waals surface area (Å²) in [6.07, 6.45) is 4.79. The van der Waals surface area contributed by atoms with E-state index in [1.54, 1.807) is 21.9 Å². The van der Waals surface area contributed by atoms with Gasteiger partial charge in [-0.1, -0.05) is 18.2 Å². The van der Waals surface area contributed by atoms with Gasteiger partial charge in [0.15, 0.2) is 0 Å². The fourth-order valence-electron chi connectivity index (χ4n) is 4.28. The average Bonchev–Trinajstić information content (AvgIpc) is 2.79. The fraction of sp³-hybridized carbons (Fsp3) is 0.417. The van der Waals surface area contributed by atoms with Crippen molar-refractivity contribution >= 4 is 11.9 Å². The maximum atomic E-state index is 12.7. The largest absolute Gasteiger partial charge is 0.508 e. The van der Waals surface area contributed by atoms with E-state index in [0.717, 1.165) is 18.4 Å². The number of hydrogen-bond donors (Lipinski definition) is 2. The summed E-state index contributed by atoms with van der Waals surface area (Å²) < 4.78 is 0. The molecule has 4 rings (SSSR count). The van der Waals surface area contributed by atoms with Gasteiger partial charge in [0.25, 0.3) is 5.91 Å². The minimum atomic E-state index is -0.0862. The molecule has 0 saturated carbocycles. The minimum absolute atomic E-state index is 0.0543. The molecule has 2 aromatic rings. The van der Waals surface area contributed by atoms with Gasteiger partial charge in [0.1, 0.15) is 5.75 Å². The van der Waals surface area contributed by atoms with Gasteiger partial charge in [0.2, 0.25) is 0 Å². The lowest BCUT2D eigenvalue weighted by molar-refractivity contribution is 0.0663. The molecule has 0 spiro atoms. The topological polar surface area (TPSA) is 72.9 Å². The molecule has 0 bridgehead atoms. The first-order valence-electron chi connectivity index (χ1n) is 10.8. The third kappa shape index (κ3) is 4.42. The van der Waals surface area contributed by atoms with Crippen LogP contribution in [0.15, 0.2) is 42.5 Å². The molecule has 6 nitrogen and oxygen atoms in total. The molecule has 158 valence electrons. The molecular formula is C24H29N3O3. The second-order valence-corrected chi connectivity index (χ2v) is 8.23. The highest BCUT2D eigenvalue weighted by molar-refractivity contribution is 5.94. The number of carbonyl (C=O) groups excluding carboxylic acids is 2. The summed E-state index contributed by atoms with van der Waals surface area (Å²) in [5, 5.41) is 12.5. The van der Waals surface area contributed by atoms with Gasteiger partial charge in [-0.15, -0.1) is 0 Å². The number of nitrogens with one attached hydrogen (secondary N) is 1. The van der Waals surface area contributed by atoms with Gasteiger partial charge in [-0.2, -0.15) is 0 Å². The van der Waals surface area contributed by atoms with Crippen LogP contribution in [0.4, 0.5) is 4.79 Å². The number of aryl methyl sites for hydroxylation is 2. The van der Waals surface area contributed by atoms with Crippen molar-refractivity contribution in [2.24, 2.45) is 0 Å². The lowest BCUT2D eigenvalue weighted by Gasteiger charge is -2.35. The Morgan fingerprint density at radius 3 is 2.23 bits per heavy atom. The smallest absolute Gasteiger partial charge is 0.317 e. The van der Waals surface area contributed by atoms with E-state index in [0.29, 0.717) is 31.7 Å². The number of piperazine rings is 1. The van der Waals surface area contributed by atoms with Crippen LogP contribution in [0.2, 0.25) is 0 Å². The molecule has 6 heteroatoms. The van der Waals surface area contributed by atoms with Crippen molar-refractivity contribution in [1.29, 1.82) is 0 Å². The van der Waals surface area contributed by atoms with Gasteiger partial charge in [0, 0.05) is 31.7 Å². The summed E-state index contributed by atoms with van der Waals surface area (Å²) in [4.78, 5) is 28.9. The molecule has 0 radical (unpaired) electrons. The minimum Gasteiger partial charge on any atom is -0.508 e. The standard InChI is InChI=1S/C24H29N3O3/c1-17(20-7-6-18-4-2-3-5-21(18)16-20)25-24(30)27-14-12-26(13-15-27)23(29)19-8-10-22(28)11-9-19/h6-11,16-17,28H,2-5,12-15H2,1H3,(H,25,30). The number of benzene rings is 2. The summed E-state index contributed by atoms with van der Waals surface area (Å²) in [6, 6.07) is 12.7. The SMILES string of the molecule is CC(NC(=O)N1CCN(C(=O)c2ccc(O)cc2)CC1)c1ccc2c(c1)CCCC2. The van der Waals surface area contributed by atoms with Crippen LogP contribution in [0, 0.1) is 0 Å². The molecule has 0 aromatic heterocycles. The molecule has 2 aromatic carbocycles. The van der Waals surface area contributed by atoms with Crippen molar-refractivity contribution in [3.05, 3.63) is 64.7 Å². The van der Waals surface area contributed by atoms with Gasteiger partial charge >= 0.3 is 6.03 Å². The Kier molecular flexibility index (Phi) is 5.93. The highest BCUT2D eigenvalue weighted by atomic mass is 16.3. The third-order valence-electron chi connectivity index (χ3n) is 6.18. The van der Waals surface area contributed by atoms with E-state index in [2.05, 4.69) is 23.5 Å². The van der Waals surface area contributed by atoms with E-state index < -0.39 is 0 Å². The second kappa shape index (κ2) is 8.78. The molecule has 3 amide bonds. The van der Waals surface area contributed by atoms with Crippen molar-refractivity contribution < 1.29 is 14.7 Å². The van der Waals surface area contributed by atoms with Gasteiger partial charge in [-0.05, 0) is 73.6 Å². The van der Waals surface area contributed by atoms with E-state index in [-0.39, 0.29) is 23.7 Å². The van der Waals surface area contributed by atoms with Gasteiger partial charge < -0.3 is 20.2 Å². The molecule has 1 heterocycles. The van der Waals surface area contributed by atoms with Crippen LogP contribution < -0.4 is 5.32 Å². The number of phenolic OH excluding ortho intramolecular Hbond substituents is 1. The molecule has 1 aliphatic carbocycles. The molecule has 30 heavy (non-hydrogen) atoms. The lowest BCUT2D eigenvalue weighted by atomic mass is 9.89. The summed E-state index contributed by atoms with van der Waals surface area (Å²) in [5.41, 5.74) is 4.55. The van der Waals surface area contributed by atoms with Crippen LogP contribution in [0.25, 0.3) is 0 Å². The van der Waals surface area contributed by atoms with Gasteiger partial charge in [-0.3, -0.25) is 4.79 Å². The number of rotatable bonds is 3. The van der Waals surface area contributed by atoms with Crippen molar-refractivity contribution in [3.8, 4) is 5.75 Å². The zero-order valence-electron chi connectivity index (χ0n) is 17.4. The number of fused-ring (bicyclic) bond motifs is 1. The summed E-state index contributed by atoms with van der Waals surface area (Å²) >= 11 is 0. The van der Waals surface area contributed by atoms with Crippen LogP contribution in [0.5, 0.6) is 5.75 Å². The third-order valence-corrected chi connectivity index (χ3v) is 6.18. The molecule has 1 unspecified atom stereocenters. The summed E-state index contributed by atoms with van der Waals surface area (Å²) in [6.45, 7) is 4.03. The van der Waals surface area contributed by atoms with E-state index in [1.165, 1.54) is 36.1 Å². The Balaban J connectivity index is 1.31. The van der Waals surface area contributed by atoms with Crippen LogP contribution in [-0.4, -0.2) is 53.0 Å². The number of carbonyl (C=O) groups is 2. The highest BCUT2D eigenvalue weighted by Gasteiger charge is 2.26. The van der Waals surface area contributed by atoms with Crippen molar-refractivity contribution in [1.82, 2.24) is 15.1 Å². The van der Waals surface area contributed by atoms with Crippen LogP contribution in [0.1, 0.15) is 52.9 Å². The highest BCUT2D eigenvalue weighted by Crippen LogP contribution is 2.25. The first-order chi connectivity index (χ1) is 14.5. The van der Waals surface area contributed by atoms with E-state index in [1.807, 2.05) is 6.92 Å². The van der Waals surface area contributed by atoms with E-state index >= 15 is 0 Å². The van der Waals surface area contributed by atoms with Crippen LogP contribution in [-0.2, 0) is 12.8 Å². The Morgan fingerprint density at radius 2 is 1.53 bits per heavy atom. The van der Waals surface area contributed by atoms with Crippen LogP contribution >= 0.6 is 0 Å². The van der Waals surface area contributed by atoms with Gasteiger partial charge in [-0.25, -0.2) is 4.79 Å². The number of phenols is 1. The molecular weight excluding hydrogens is 378 g/mol. The zero-order chi connectivity index (χ0) is 21.1. The van der Waals surface area contributed by atoms with E-state index in [9.17, 15) is 14.7 Å². The second-order valence-electron chi connectivity index (χ2n) is 8.23. The molecule has 2 aliphatic rings. The molecule has 2 N–H and O–H groups in total. The maximum Gasteiger partial charge on any atom is 0.317 e. The van der Waals surface area contributed by atoms with Gasteiger partial charge in [0.05, 0.1) is 6.04 Å². The number of urea groups is 1. The molecule has 1 saturated heterocycles. The molecule has 1 aliphatic heterocycles. The predicted molar refractivity (Wildman–Crippen MR) is 116 cm³/mol. The number of hydrogen-bond acceptors (Lipinski definition) is 3. The molecule has 1 fully saturated rings. The zero-order valence-corrected chi connectivity index (χ0v) is 17.4. The number of amides is 3. The van der Waals surface area contributed by atoms with Crippen LogP contribution in [0.3, 0.4) is 0 Å². The quantitative estimate of drug-likeness (QED) is 0.818. The fourth-order valence-corrected chi connectivity index (χ4v) is 4.28. The maximum absolute atomic E-state index is 12.7. The average molecular weight is 408 g/mol. The Hall–Kier alpha value is -3.02.